The molecule has 124 valence electrons. The van der Waals surface area contributed by atoms with Gasteiger partial charge in [0.05, 0.1) is 6.10 Å². The molecule has 5 nitrogen and oxygen atoms in total. The van der Waals surface area contributed by atoms with E-state index in [1.54, 1.807) is 0 Å². The molecule has 1 aromatic carbocycles. The number of benzene rings is 1. The highest BCUT2D eigenvalue weighted by Crippen LogP contribution is 2.19. The number of rotatable bonds is 7. The van der Waals surface area contributed by atoms with Gasteiger partial charge in [-0.1, -0.05) is 24.3 Å². The first-order valence-corrected chi connectivity index (χ1v) is 7.63. The summed E-state index contributed by atoms with van der Waals surface area (Å²) in [4.78, 5) is 10.8. The minimum Gasteiger partial charge on any atom is -0.390 e. The van der Waals surface area contributed by atoms with Gasteiger partial charge in [-0.25, -0.2) is 0 Å². The van der Waals surface area contributed by atoms with Crippen LogP contribution in [0.5, 0.6) is 0 Å². The Morgan fingerprint density at radius 1 is 1.18 bits per heavy atom. The van der Waals surface area contributed by atoms with Crippen LogP contribution >= 0.6 is 0 Å². The van der Waals surface area contributed by atoms with Crippen molar-refractivity contribution < 1.29 is 15.0 Å². The Balaban J connectivity index is 2.52. The molecule has 0 aliphatic rings. The average molecular weight is 308 g/mol. The van der Waals surface area contributed by atoms with Gasteiger partial charge < -0.3 is 20.8 Å². The molecule has 0 aliphatic heterocycles. The van der Waals surface area contributed by atoms with Crippen molar-refractivity contribution in [2.45, 2.75) is 58.4 Å². The van der Waals surface area contributed by atoms with Crippen molar-refractivity contribution in [1.29, 1.82) is 0 Å². The largest absolute Gasteiger partial charge is 0.390 e. The minimum atomic E-state index is -0.946. The first-order valence-electron chi connectivity index (χ1n) is 7.63. The van der Waals surface area contributed by atoms with Gasteiger partial charge in [0, 0.05) is 25.6 Å². The fourth-order valence-electron chi connectivity index (χ4n) is 1.98. The summed E-state index contributed by atoms with van der Waals surface area (Å²) >= 11 is 0. The van der Waals surface area contributed by atoms with Crippen molar-refractivity contribution in [3.8, 4) is 0 Å². The van der Waals surface area contributed by atoms with Gasteiger partial charge in [-0.15, -0.1) is 0 Å². The summed E-state index contributed by atoms with van der Waals surface area (Å²) < 4.78 is 0. The lowest BCUT2D eigenvalue weighted by atomic mass is 10.0. The van der Waals surface area contributed by atoms with Gasteiger partial charge in [-0.05, 0) is 38.3 Å². The summed E-state index contributed by atoms with van der Waals surface area (Å²) in [7, 11) is 0. The van der Waals surface area contributed by atoms with Crippen molar-refractivity contribution in [1.82, 2.24) is 10.6 Å². The molecule has 5 heteroatoms. The lowest BCUT2D eigenvalue weighted by Crippen LogP contribution is -2.35. The maximum atomic E-state index is 10.8. The normalized spacial score (nSPS) is 14.5. The second kappa shape index (κ2) is 8.27. The summed E-state index contributed by atoms with van der Waals surface area (Å²) in [5, 5.41) is 26.1. The van der Waals surface area contributed by atoms with Gasteiger partial charge >= 0.3 is 0 Å². The zero-order valence-corrected chi connectivity index (χ0v) is 13.9. The average Bonchev–Trinajstić information content (AvgIpc) is 2.43. The van der Waals surface area contributed by atoms with Crippen LogP contribution in [-0.2, 0) is 11.3 Å². The Hall–Kier alpha value is -1.43. The third-order valence-corrected chi connectivity index (χ3v) is 3.32. The number of nitrogens with one attached hydrogen (secondary N) is 2. The number of carbonyl (C=O) groups excluding carboxylic acids is 1. The maximum Gasteiger partial charge on any atom is 0.216 e. The van der Waals surface area contributed by atoms with E-state index < -0.39 is 12.2 Å². The van der Waals surface area contributed by atoms with Crippen molar-refractivity contribution >= 4 is 5.91 Å². The third kappa shape index (κ3) is 7.02. The second-order valence-electron chi connectivity index (χ2n) is 6.63. The van der Waals surface area contributed by atoms with Crippen LogP contribution in [0.25, 0.3) is 0 Å². The Labute approximate surface area is 132 Å². The SMILES string of the molecule is CC(=O)NCCC(O)C(O)c1ccc(CNC(C)(C)C)cc1. The van der Waals surface area contributed by atoms with Crippen LogP contribution < -0.4 is 10.6 Å². The summed E-state index contributed by atoms with van der Waals surface area (Å²) in [6, 6.07) is 7.54. The fourth-order valence-corrected chi connectivity index (χ4v) is 1.98. The Morgan fingerprint density at radius 2 is 1.77 bits per heavy atom. The summed E-state index contributed by atoms with van der Waals surface area (Å²) in [6.45, 7) is 8.85. The van der Waals surface area contributed by atoms with E-state index >= 15 is 0 Å². The van der Waals surface area contributed by atoms with Gasteiger partial charge in [0.2, 0.25) is 5.91 Å². The first-order chi connectivity index (χ1) is 10.2. The predicted molar refractivity (Wildman–Crippen MR) is 87.3 cm³/mol. The molecule has 0 heterocycles. The Morgan fingerprint density at radius 3 is 2.27 bits per heavy atom. The van der Waals surface area contributed by atoms with Crippen molar-refractivity contribution in [2.75, 3.05) is 6.54 Å². The van der Waals surface area contributed by atoms with E-state index in [-0.39, 0.29) is 11.4 Å². The highest BCUT2D eigenvalue weighted by atomic mass is 16.3. The molecular formula is C17H28N2O3. The Bertz CT molecular complexity index is 466. The van der Waals surface area contributed by atoms with Crippen LogP contribution in [0.4, 0.5) is 0 Å². The molecule has 1 rings (SSSR count). The minimum absolute atomic E-state index is 0.0537. The number of hydrogen-bond donors (Lipinski definition) is 4. The molecule has 0 spiro atoms. The zero-order valence-electron chi connectivity index (χ0n) is 13.9. The van der Waals surface area contributed by atoms with Gasteiger partial charge in [-0.3, -0.25) is 4.79 Å². The lowest BCUT2D eigenvalue weighted by Gasteiger charge is -2.21. The quantitative estimate of drug-likeness (QED) is 0.615. The molecule has 0 saturated heterocycles. The number of aliphatic hydroxyl groups excluding tert-OH is 2. The van der Waals surface area contributed by atoms with E-state index in [1.807, 2.05) is 24.3 Å². The molecule has 0 radical (unpaired) electrons. The molecule has 0 saturated carbocycles. The first kappa shape index (κ1) is 18.6. The van der Waals surface area contributed by atoms with E-state index in [0.29, 0.717) is 18.5 Å². The highest BCUT2D eigenvalue weighted by Gasteiger charge is 2.18. The molecule has 22 heavy (non-hydrogen) atoms. The molecule has 0 aromatic heterocycles. The lowest BCUT2D eigenvalue weighted by molar-refractivity contribution is -0.119. The molecular weight excluding hydrogens is 280 g/mol. The molecule has 1 aromatic rings. The van der Waals surface area contributed by atoms with E-state index in [1.165, 1.54) is 6.92 Å². The smallest absolute Gasteiger partial charge is 0.216 e. The number of aliphatic hydroxyl groups is 2. The highest BCUT2D eigenvalue weighted by molar-refractivity contribution is 5.72. The molecule has 2 atom stereocenters. The van der Waals surface area contributed by atoms with E-state index in [0.717, 1.165) is 12.1 Å². The van der Waals surface area contributed by atoms with E-state index in [9.17, 15) is 15.0 Å². The van der Waals surface area contributed by atoms with Crippen LogP contribution in [0, 0.1) is 0 Å². The van der Waals surface area contributed by atoms with Gasteiger partial charge in [0.15, 0.2) is 0 Å². The number of amides is 1. The molecule has 4 N–H and O–H groups in total. The van der Waals surface area contributed by atoms with Crippen molar-refractivity contribution in [2.24, 2.45) is 0 Å². The summed E-state index contributed by atoms with van der Waals surface area (Å²) in [5.74, 6) is -0.141. The van der Waals surface area contributed by atoms with Crippen molar-refractivity contribution in [3.63, 3.8) is 0 Å². The monoisotopic (exact) mass is 308 g/mol. The van der Waals surface area contributed by atoms with Crippen LogP contribution in [0.15, 0.2) is 24.3 Å². The van der Waals surface area contributed by atoms with Crippen LogP contribution in [-0.4, -0.2) is 34.3 Å². The fraction of sp³-hybridized carbons (Fsp3) is 0.588. The van der Waals surface area contributed by atoms with Crippen molar-refractivity contribution in [3.05, 3.63) is 35.4 Å². The Kier molecular flexibility index (Phi) is 7.00. The van der Waals surface area contributed by atoms with Gasteiger partial charge in [0.1, 0.15) is 6.10 Å². The molecule has 0 aliphatic carbocycles. The number of hydrogen-bond acceptors (Lipinski definition) is 4. The van der Waals surface area contributed by atoms with Gasteiger partial charge in [-0.2, -0.15) is 0 Å². The zero-order chi connectivity index (χ0) is 16.8. The standard InChI is InChI=1S/C17H28N2O3/c1-12(20)18-10-9-15(21)16(22)14-7-5-13(6-8-14)11-19-17(2,3)4/h5-8,15-16,19,21-22H,9-11H2,1-4H3,(H,18,20). The molecule has 0 fully saturated rings. The van der Waals surface area contributed by atoms with E-state index in [4.69, 9.17) is 0 Å². The van der Waals surface area contributed by atoms with Gasteiger partial charge in [0.25, 0.3) is 0 Å². The topological polar surface area (TPSA) is 81.6 Å². The maximum absolute atomic E-state index is 10.8. The molecule has 2 unspecified atom stereocenters. The summed E-state index contributed by atoms with van der Waals surface area (Å²) in [6.07, 6.45) is -1.53. The van der Waals surface area contributed by atoms with Crippen LogP contribution in [0.3, 0.4) is 0 Å². The summed E-state index contributed by atoms with van der Waals surface area (Å²) in [5.41, 5.74) is 1.85. The molecule has 0 bridgehead atoms. The predicted octanol–water partition coefficient (Wildman–Crippen LogP) is 1.50. The second-order valence-corrected chi connectivity index (χ2v) is 6.63. The van der Waals surface area contributed by atoms with Crippen LogP contribution in [0.1, 0.15) is 51.3 Å². The van der Waals surface area contributed by atoms with Crippen LogP contribution in [0.2, 0.25) is 0 Å². The molecule has 1 amide bonds. The van der Waals surface area contributed by atoms with E-state index in [2.05, 4.69) is 31.4 Å². The number of carbonyl (C=O) groups is 1. The third-order valence-electron chi connectivity index (χ3n) is 3.32.